The molecular formula is C28H34O2Si. The fraction of sp³-hybridized carbons (Fsp3) is 0.321. The maximum atomic E-state index is 11.2. The number of unbranched alkanes of at least 4 members (excludes halogenated alkanes) is 2. The number of aryl methyl sites for hydroxylation is 1. The van der Waals surface area contributed by atoms with Crippen LogP contribution in [0.1, 0.15) is 56.0 Å². The van der Waals surface area contributed by atoms with Crippen LogP contribution in [0.5, 0.6) is 0 Å². The van der Waals surface area contributed by atoms with Crippen molar-refractivity contribution in [3.63, 3.8) is 0 Å². The lowest BCUT2D eigenvalue weighted by Crippen LogP contribution is -2.66. The molecule has 3 rings (SSSR count). The van der Waals surface area contributed by atoms with E-state index in [1.807, 2.05) is 18.2 Å². The van der Waals surface area contributed by atoms with Crippen LogP contribution in [0, 0.1) is 0 Å². The van der Waals surface area contributed by atoms with Gasteiger partial charge >= 0.3 is 0 Å². The van der Waals surface area contributed by atoms with E-state index in [4.69, 9.17) is 4.43 Å². The van der Waals surface area contributed by atoms with Crippen LogP contribution in [0.15, 0.2) is 84.9 Å². The minimum Gasteiger partial charge on any atom is -0.407 e. The molecule has 0 aliphatic rings. The zero-order valence-electron chi connectivity index (χ0n) is 19.0. The Kier molecular flexibility index (Phi) is 8.00. The van der Waals surface area contributed by atoms with Crippen LogP contribution in [-0.4, -0.2) is 21.2 Å². The van der Waals surface area contributed by atoms with Crippen LogP contribution in [0.4, 0.5) is 0 Å². The van der Waals surface area contributed by atoms with Gasteiger partial charge in [-0.15, -0.1) is 0 Å². The average molecular weight is 431 g/mol. The van der Waals surface area contributed by atoms with Gasteiger partial charge in [-0.1, -0.05) is 112 Å². The van der Waals surface area contributed by atoms with Crippen molar-refractivity contribution in [2.45, 2.75) is 51.5 Å². The van der Waals surface area contributed by atoms with Gasteiger partial charge in [0.2, 0.25) is 0 Å². The van der Waals surface area contributed by atoms with E-state index in [0.29, 0.717) is 0 Å². The molecule has 2 nitrogen and oxygen atoms in total. The molecule has 0 fully saturated rings. The van der Waals surface area contributed by atoms with E-state index in [1.165, 1.54) is 10.4 Å². The van der Waals surface area contributed by atoms with E-state index in [-0.39, 0.29) is 5.04 Å². The number of carbonyl (C=O) groups is 1. The molecule has 0 aliphatic carbocycles. The summed E-state index contributed by atoms with van der Waals surface area (Å²) in [6, 6.07) is 29.5. The van der Waals surface area contributed by atoms with Crippen LogP contribution in [-0.2, 0) is 10.8 Å². The van der Waals surface area contributed by atoms with Gasteiger partial charge in [-0.2, -0.15) is 0 Å². The minimum atomic E-state index is -2.43. The highest BCUT2D eigenvalue weighted by Gasteiger charge is 2.49. The maximum Gasteiger partial charge on any atom is 0.261 e. The second-order valence-corrected chi connectivity index (χ2v) is 13.4. The minimum absolute atomic E-state index is 0.0125. The van der Waals surface area contributed by atoms with Gasteiger partial charge in [0.1, 0.15) is 6.29 Å². The van der Waals surface area contributed by atoms with Gasteiger partial charge in [-0.3, -0.25) is 4.79 Å². The molecule has 3 aromatic carbocycles. The summed E-state index contributed by atoms with van der Waals surface area (Å²) in [6.07, 6.45) is 5.07. The van der Waals surface area contributed by atoms with Crippen LogP contribution in [0.3, 0.4) is 0 Å². The lowest BCUT2D eigenvalue weighted by atomic mass is 10.0. The number of carbonyl (C=O) groups excluding carboxylic acids is 1. The number of hydrogen-bond acceptors (Lipinski definition) is 2. The smallest absolute Gasteiger partial charge is 0.261 e. The van der Waals surface area contributed by atoms with E-state index >= 15 is 0 Å². The fourth-order valence-electron chi connectivity index (χ4n) is 4.46. The summed E-state index contributed by atoms with van der Waals surface area (Å²) < 4.78 is 6.95. The molecule has 162 valence electrons. The third-order valence-corrected chi connectivity index (χ3v) is 11.1. The van der Waals surface area contributed by atoms with Gasteiger partial charge in [0, 0.05) is 12.2 Å². The average Bonchev–Trinajstić information content (AvgIpc) is 2.79. The van der Waals surface area contributed by atoms with E-state index in [2.05, 4.69) is 87.5 Å². The molecule has 0 saturated heterocycles. The lowest BCUT2D eigenvalue weighted by molar-refractivity contribution is 0.112. The van der Waals surface area contributed by atoms with Gasteiger partial charge in [0.25, 0.3) is 8.32 Å². The highest BCUT2D eigenvalue weighted by atomic mass is 28.4. The molecule has 3 heteroatoms. The Bertz CT molecular complexity index is 906. The summed E-state index contributed by atoms with van der Waals surface area (Å²) >= 11 is 0. The van der Waals surface area contributed by atoms with E-state index in [9.17, 15) is 4.79 Å². The standard InChI is InChI=1S/C28H34O2Si/c1-28(2,3)31(26-18-8-4-9-19-26,27-20-10-5-11-21-27)30-22-14-6-7-15-24-16-12-13-17-25(24)23-29/h4-5,8-13,16-21,23H,6-7,14-15,22H2,1-3H3. The Balaban J connectivity index is 1.71. The topological polar surface area (TPSA) is 26.3 Å². The van der Waals surface area contributed by atoms with Gasteiger partial charge in [0.05, 0.1) is 0 Å². The van der Waals surface area contributed by atoms with Crippen molar-refractivity contribution in [1.82, 2.24) is 0 Å². The van der Waals surface area contributed by atoms with Gasteiger partial charge < -0.3 is 4.43 Å². The van der Waals surface area contributed by atoms with E-state index in [0.717, 1.165) is 49.7 Å². The summed E-state index contributed by atoms with van der Waals surface area (Å²) in [5, 5.41) is 2.67. The second-order valence-electron chi connectivity index (χ2n) is 9.14. The molecule has 31 heavy (non-hydrogen) atoms. The number of rotatable bonds is 10. The van der Waals surface area contributed by atoms with Crippen molar-refractivity contribution in [2.75, 3.05) is 6.61 Å². The molecule has 0 aromatic heterocycles. The molecule has 0 N–H and O–H groups in total. The molecule has 0 unspecified atom stereocenters. The normalized spacial score (nSPS) is 12.0. The molecule has 0 aliphatic heterocycles. The third-order valence-electron chi connectivity index (χ3n) is 6.01. The molecule has 0 radical (unpaired) electrons. The summed E-state index contributed by atoms with van der Waals surface area (Å²) in [7, 11) is -2.43. The second kappa shape index (κ2) is 10.7. The van der Waals surface area contributed by atoms with Crippen LogP contribution < -0.4 is 10.4 Å². The predicted molar refractivity (Wildman–Crippen MR) is 133 cm³/mol. The molecular weight excluding hydrogens is 396 g/mol. The van der Waals surface area contributed by atoms with Crippen LogP contribution in [0.25, 0.3) is 0 Å². The number of hydrogen-bond donors (Lipinski definition) is 0. The highest BCUT2D eigenvalue weighted by molar-refractivity contribution is 6.99. The van der Waals surface area contributed by atoms with Crippen molar-refractivity contribution < 1.29 is 9.22 Å². The predicted octanol–water partition coefficient (Wildman–Crippen LogP) is 5.79. The Morgan fingerprint density at radius 1 is 0.742 bits per heavy atom. The first kappa shape index (κ1) is 23.2. The Hall–Kier alpha value is -2.49. The summed E-state index contributed by atoms with van der Waals surface area (Å²) in [5.41, 5.74) is 1.96. The van der Waals surface area contributed by atoms with Crippen LogP contribution >= 0.6 is 0 Å². The third kappa shape index (κ3) is 5.41. The van der Waals surface area contributed by atoms with Crippen molar-refractivity contribution in [3.8, 4) is 0 Å². The highest BCUT2D eigenvalue weighted by Crippen LogP contribution is 2.36. The summed E-state index contributed by atoms with van der Waals surface area (Å²) in [5.74, 6) is 0. The van der Waals surface area contributed by atoms with E-state index in [1.54, 1.807) is 0 Å². The Morgan fingerprint density at radius 2 is 1.29 bits per heavy atom. The fourth-order valence-corrected chi connectivity index (χ4v) is 9.06. The Labute approximate surface area is 188 Å². The van der Waals surface area contributed by atoms with Crippen molar-refractivity contribution in [1.29, 1.82) is 0 Å². The molecule has 0 saturated carbocycles. The molecule has 0 bridgehead atoms. The first-order valence-electron chi connectivity index (χ1n) is 11.3. The molecule has 0 spiro atoms. The number of benzene rings is 3. The zero-order chi connectivity index (χ0) is 22.2. The monoisotopic (exact) mass is 430 g/mol. The molecule has 0 amide bonds. The van der Waals surface area contributed by atoms with Gasteiger partial charge in [0.15, 0.2) is 0 Å². The SMILES string of the molecule is CC(C)(C)[Si](OCCCCCc1ccccc1C=O)(c1ccccc1)c1ccccc1. The van der Waals surface area contributed by atoms with Crippen molar-refractivity contribution >= 4 is 25.0 Å². The summed E-state index contributed by atoms with van der Waals surface area (Å²) in [4.78, 5) is 11.2. The van der Waals surface area contributed by atoms with Crippen LogP contribution in [0.2, 0.25) is 5.04 Å². The molecule has 0 heterocycles. The summed E-state index contributed by atoms with van der Waals surface area (Å²) in [6.45, 7) is 7.70. The Morgan fingerprint density at radius 3 is 1.84 bits per heavy atom. The number of aldehydes is 1. The van der Waals surface area contributed by atoms with E-state index < -0.39 is 8.32 Å². The van der Waals surface area contributed by atoms with Crippen molar-refractivity contribution in [3.05, 3.63) is 96.1 Å². The largest absolute Gasteiger partial charge is 0.407 e. The molecule has 3 aromatic rings. The lowest BCUT2D eigenvalue weighted by Gasteiger charge is -2.43. The quantitative estimate of drug-likeness (QED) is 0.231. The van der Waals surface area contributed by atoms with Gasteiger partial charge in [-0.05, 0) is 40.2 Å². The van der Waals surface area contributed by atoms with Gasteiger partial charge in [-0.25, -0.2) is 0 Å². The first-order chi connectivity index (χ1) is 15.0. The maximum absolute atomic E-state index is 11.2. The zero-order valence-corrected chi connectivity index (χ0v) is 20.0. The first-order valence-corrected chi connectivity index (χ1v) is 13.2. The van der Waals surface area contributed by atoms with Crippen molar-refractivity contribution in [2.24, 2.45) is 0 Å². The molecule has 0 atom stereocenters.